The summed E-state index contributed by atoms with van der Waals surface area (Å²) in [6.07, 6.45) is 2.67. The van der Waals surface area contributed by atoms with Crippen LogP contribution in [-0.4, -0.2) is 12.4 Å². The first-order valence-corrected chi connectivity index (χ1v) is 7.58. The molecule has 0 aromatic heterocycles. The summed E-state index contributed by atoms with van der Waals surface area (Å²) in [4.78, 5) is 12.2. The van der Waals surface area contributed by atoms with Gasteiger partial charge in [0.1, 0.15) is 5.75 Å². The molecule has 0 bridgehead atoms. The fraction of sp³-hybridized carbons (Fsp3) is 0.611. The molecule has 0 aliphatic heterocycles. The average molecular weight is 276 g/mol. The van der Waals surface area contributed by atoms with Gasteiger partial charge in [-0.2, -0.15) is 0 Å². The quantitative estimate of drug-likeness (QED) is 0.646. The van der Waals surface area contributed by atoms with Crippen molar-refractivity contribution in [3.8, 4) is 5.75 Å². The highest BCUT2D eigenvalue weighted by atomic mass is 16.5. The molecule has 112 valence electrons. The Morgan fingerprint density at radius 3 is 2.30 bits per heavy atom. The maximum atomic E-state index is 12.2. The first-order valence-electron chi connectivity index (χ1n) is 7.58. The Morgan fingerprint density at radius 1 is 1.20 bits per heavy atom. The molecule has 1 aromatic rings. The highest BCUT2D eigenvalue weighted by molar-refractivity contribution is 5.96. The van der Waals surface area contributed by atoms with Crippen LogP contribution >= 0.6 is 0 Å². The molecule has 1 rings (SSSR count). The van der Waals surface area contributed by atoms with Crippen molar-refractivity contribution < 1.29 is 9.53 Å². The second kappa shape index (κ2) is 7.47. The molecule has 0 spiro atoms. The predicted octanol–water partition coefficient (Wildman–Crippen LogP) is 5.12. The highest BCUT2D eigenvalue weighted by Crippen LogP contribution is 2.27. The lowest BCUT2D eigenvalue weighted by molar-refractivity contribution is 0.0954. The smallest absolute Gasteiger partial charge is 0.163 e. The monoisotopic (exact) mass is 276 g/mol. The summed E-state index contributed by atoms with van der Waals surface area (Å²) in [5, 5.41) is 0. The number of carbonyl (C=O) groups is 1. The van der Waals surface area contributed by atoms with Crippen molar-refractivity contribution in [3.63, 3.8) is 0 Å². The molecule has 0 radical (unpaired) electrons. The third-order valence-electron chi connectivity index (χ3n) is 3.14. The Morgan fingerprint density at radius 2 is 1.80 bits per heavy atom. The van der Waals surface area contributed by atoms with Gasteiger partial charge in [-0.05, 0) is 48.4 Å². The summed E-state index contributed by atoms with van der Waals surface area (Å²) in [5.41, 5.74) is 1.06. The van der Waals surface area contributed by atoms with Gasteiger partial charge in [-0.1, -0.05) is 34.6 Å². The predicted molar refractivity (Wildman–Crippen MR) is 84.4 cm³/mol. The molecule has 0 saturated heterocycles. The summed E-state index contributed by atoms with van der Waals surface area (Å²) in [6.45, 7) is 11.6. The largest absolute Gasteiger partial charge is 0.494 e. The number of Topliss-reactive ketones (excluding diaryl/α,β-unsaturated/α-hetero) is 1. The van der Waals surface area contributed by atoms with E-state index in [-0.39, 0.29) is 11.2 Å². The van der Waals surface area contributed by atoms with Gasteiger partial charge in [-0.3, -0.25) is 4.79 Å². The molecule has 1 unspecified atom stereocenters. The zero-order valence-electron chi connectivity index (χ0n) is 13.5. The van der Waals surface area contributed by atoms with E-state index < -0.39 is 0 Å². The first kappa shape index (κ1) is 16.7. The van der Waals surface area contributed by atoms with E-state index in [1.807, 2.05) is 24.3 Å². The number of rotatable bonds is 7. The van der Waals surface area contributed by atoms with E-state index in [9.17, 15) is 4.79 Å². The Labute approximate surface area is 123 Å². The van der Waals surface area contributed by atoms with E-state index in [2.05, 4.69) is 34.6 Å². The van der Waals surface area contributed by atoms with Gasteiger partial charge >= 0.3 is 0 Å². The molecule has 0 heterocycles. The Balaban J connectivity index is 2.55. The van der Waals surface area contributed by atoms with Crippen LogP contribution in [0, 0.1) is 11.3 Å². The highest BCUT2D eigenvalue weighted by Gasteiger charge is 2.18. The van der Waals surface area contributed by atoms with E-state index >= 15 is 0 Å². The van der Waals surface area contributed by atoms with E-state index in [1.165, 1.54) is 0 Å². The number of ether oxygens (including phenoxy) is 1. The molecule has 20 heavy (non-hydrogen) atoms. The minimum atomic E-state index is 0.226. The topological polar surface area (TPSA) is 26.3 Å². The van der Waals surface area contributed by atoms with E-state index in [0.29, 0.717) is 12.3 Å². The van der Waals surface area contributed by atoms with Crippen LogP contribution in [0.1, 0.15) is 64.2 Å². The van der Waals surface area contributed by atoms with Crippen LogP contribution in [0.25, 0.3) is 0 Å². The SMILES string of the molecule is CCCOc1ccc(C(=O)CC(C)CC(C)(C)C)cc1. The molecular weight excluding hydrogens is 248 g/mol. The Hall–Kier alpha value is -1.31. The molecule has 0 aliphatic carbocycles. The molecule has 2 heteroatoms. The lowest BCUT2D eigenvalue weighted by atomic mass is 9.83. The van der Waals surface area contributed by atoms with Crippen LogP contribution in [0.5, 0.6) is 5.75 Å². The number of carbonyl (C=O) groups excluding carboxylic acids is 1. The normalized spacial score (nSPS) is 13.1. The molecular formula is C18H28O2. The van der Waals surface area contributed by atoms with Crippen molar-refractivity contribution in [2.45, 2.75) is 53.9 Å². The summed E-state index contributed by atoms with van der Waals surface area (Å²) in [5.74, 6) is 1.48. The zero-order valence-corrected chi connectivity index (χ0v) is 13.5. The number of benzene rings is 1. The fourth-order valence-electron chi connectivity index (χ4n) is 2.51. The standard InChI is InChI=1S/C18H28O2/c1-6-11-20-16-9-7-15(8-10-16)17(19)12-14(2)13-18(3,4)5/h7-10,14H,6,11-13H2,1-5H3. The molecule has 0 aliphatic rings. The third-order valence-corrected chi connectivity index (χ3v) is 3.14. The van der Waals surface area contributed by atoms with Crippen LogP contribution in [-0.2, 0) is 0 Å². The van der Waals surface area contributed by atoms with Crippen LogP contribution in [0.4, 0.5) is 0 Å². The second-order valence-electron chi connectivity index (χ2n) is 6.87. The van der Waals surface area contributed by atoms with E-state index in [1.54, 1.807) is 0 Å². The summed E-state index contributed by atoms with van der Waals surface area (Å²) in [6, 6.07) is 7.52. The van der Waals surface area contributed by atoms with Gasteiger partial charge in [0, 0.05) is 12.0 Å². The summed E-state index contributed by atoms with van der Waals surface area (Å²) < 4.78 is 5.53. The second-order valence-corrected chi connectivity index (χ2v) is 6.87. The molecule has 1 aromatic carbocycles. The van der Waals surface area contributed by atoms with Gasteiger partial charge in [-0.15, -0.1) is 0 Å². The maximum Gasteiger partial charge on any atom is 0.163 e. The molecule has 0 saturated carbocycles. The lowest BCUT2D eigenvalue weighted by Gasteiger charge is -2.22. The molecule has 0 fully saturated rings. The van der Waals surface area contributed by atoms with Crippen LogP contribution in [0.2, 0.25) is 0 Å². The lowest BCUT2D eigenvalue weighted by Crippen LogP contribution is -2.14. The fourth-order valence-corrected chi connectivity index (χ4v) is 2.51. The molecule has 1 atom stereocenters. The van der Waals surface area contributed by atoms with Gasteiger partial charge in [0.25, 0.3) is 0 Å². The molecule has 2 nitrogen and oxygen atoms in total. The van der Waals surface area contributed by atoms with Crippen LogP contribution < -0.4 is 4.74 Å². The van der Waals surface area contributed by atoms with E-state index in [0.717, 1.165) is 30.8 Å². The maximum absolute atomic E-state index is 12.2. The molecule has 0 N–H and O–H groups in total. The van der Waals surface area contributed by atoms with Crippen molar-refractivity contribution in [1.29, 1.82) is 0 Å². The average Bonchev–Trinajstić information content (AvgIpc) is 2.34. The van der Waals surface area contributed by atoms with Crippen LogP contribution in [0.15, 0.2) is 24.3 Å². The minimum Gasteiger partial charge on any atom is -0.494 e. The number of hydrogen-bond acceptors (Lipinski definition) is 2. The third kappa shape index (κ3) is 6.23. The van der Waals surface area contributed by atoms with Crippen molar-refractivity contribution in [2.24, 2.45) is 11.3 Å². The van der Waals surface area contributed by atoms with Crippen molar-refractivity contribution >= 4 is 5.78 Å². The minimum absolute atomic E-state index is 0.226. The van der Waals surface area contributed by atoms with Gasteiger partial charge in [-0.25, -0.2) is 0 Å². The van der Waals surface area contributed by atoms with Gasteiger partial charge < -0.3 is 4.74 Å². The molecule has 0 amide bonds. The summed E-state index contributed by atoms with van der Waals surface area (Å²) in [7, 11) is 0. The van der Waals surface area contributed by atoms with Crippen molar-refractivity contribution in [3.05, 3.63) is 29.8 Å². The number of hydrogen-bond donors (Lipinski definition) is 0. The zero-order chi connectivity index (χ0) is 15.2. The number of ketones is 1. The summed E-state index contributed by atoms with van der Waals surface area (Å²) >= 11 is 0. The van der Waals surface area contributed by atoms with Crippen molar-refractivity contribution in [2.75, 3.05) is 6.61 Å². The van der Waals surface area contributed by atoms with Gasteiger partial charge in [0.2, 0.25) is 0 Å². The Kier molecular flexibility index (Phi) is 6.25. The van der Waals surface area contributed by atoms with E-state index in [4.69, 9.17) is 4.74 Å². The Bertz CT molecular complexity index is 412. The van der Waals surface area contributed by atoms with Gasteiger partial charge in [0.15, 0.2) is 5.78 Å². The first-order chi connectivity index (χ1) is 9.31. The van der Waals surface area contributed by atoms with Crippen LogP contribution in [0.3, 0.4) is 0 Å². The van der Waals surface area contributed by atoms with Gasteiger partial charge in [0.05, 0.1) is 6.61 Å². The van der Waals surface area contributed by atoms with Crippen molar-refractivity contribution in [1.82, 2.24) is 0 Å².